The van der Waals surface area contributed by atoms with E-state index in [-0.39, 0.29) is 5.82 Å². The number of methoxy groups -OCH3 is 1. The van der Waals surface area contributed by atoms with E-state index in [1.807, 2.05) is 6.07 Å². The van der Waals surface area contributed by atoms with E-state index in [0.29, 0.717) is 16.5 Å². The summed E-state index contributed by atoms with van der Waals surface area (Å²) in [5.41, 5.74) is 1.01. The van der Waals surface area contributed by atoms with E-state index in [2.05, 4.69) is 29.8 Å². The first kappa shape index (κ1) is 12.5. The first-order chi connectivity index (χ1) is 7.04. The van der Waals surface area contributed by atoms with E-state index < -0.39 is 0 Å². The Hall–Kier alpha value is -0.570. The third-order valence-corrected chi connectivity index (χ3v) is 3.46. The minimum Gasteiger partial charge on any atom is -0.494 e. The number of hydrogen-bond donors (Lipinski definition) is 0. The third-order valence-electron chi connectivity index (χ3n) is 2.56. The van der Waals surface area contributed by atoms with Crippen LogP contribution in [0.1, 0.15) is 19.4 Å². The van der Waals surface area contributed by atoms with Gasteiger partial charge in [0.2, 0.25) is 0 Å². The molecule has 1 nitrogen and oxygen atoms in total. The zero-order valence-electron chi connectivity index (χ0n) is 9.26. The lowest BCUT2D eigenvalue weighted by atomic mass is 9.99. The van der Waals surface area contributed by atoms with E-state index in [4.69, 9.17) is 4.74 Å². The van der Waals surface area contributed by atoms with Crippen LogP contribution in [-0.2, 0) is 6.42 Å². The van der Waals surface area contributed by atoms with Gasteiger partial charge in [0.15, 0.2) is 11.6 Å². The first-order valence-corrected chi connectivity index (χ1v) is 5.92. The van der Waals surface area contributed by atoms with Gasteiger partial charge in [-0.2, -0.15) is 0 Å². The summed E-state index contributed by atoms with van der Waals surface area (Å²) < 4.78 is 18.2. The normalized spacial score (nSPS) is 14.7. The highest BCUT2D eigenvalue weighted by Crippen LogP contribution is 2.22. The van der Waals surface area contributed by atoms with Crippen LogP contribution in [0.5, 0.6) is 5.75 Å². The quantitative estimate of drug-likeness (QED) is 0.759. The van der Waals surface area contributed by atoms with E-state index in [9.17, 15) is 4.39 Å². The topological polar surface area (TPSA) is 9.23 Å². The SMILES string of the molecule is COc1ccc(CC(C)C(C)Br)cc1F. The van der Waals surface area contributed by atoms with Crippen molar-refractivity contribution in [3.63, 3.8) is 0 Å². The Balaban J connectivity index is 2.75. The molecule has 0 heterocycles. The van der Waals surface area contributed by atoms with Crippen molar-refractivity contribution < 1.29 is 9.13 Å². The molecule has 84 valence electrons. The van der Waals surface area contributed by atoms with Crippen LogP contribution in [0.15, 0.2) is 18.2 Å². The van der Waals surface area contributed by atoms with Crippen LogP contribution in [0.4, 0.5) is 4.39 Å². The van der Waals surface area contributed by atoms with Crippen LogP contribution in [-0.4, -0.2) is 11.9 Å². The molecule has 0 amide bonds. The molecular weight excluding hydrogens is 259 g/mol. The third kappa shape index (κ3) is 3.49. The van der Waals surface area contributed by atoms with Gasteiger partial charge < -0.3 is 4.74 Å². The van der Waals surface area contributed by atoms with E-state index in [0.717, 1.165) is 12.0 Å². The maximum absolute atomic E-state index is 13.4. The molecule has 0 saturated heterocycles. The average Bonchev–Trinajstić information content (AvgIpc) is 2.18. The summed E-state index contributed by atoms with van der Waals surface area (Å²) in [4.78, 5) is 0.433. The van der Waals surface area contributed by atoms with Gasteiger partial charge in [-0.1, -0.05) is 35.8 Å². The van der Waals surface area contributed by atoms with Crippen LogP contribution < -0.4 is 4.74 Å². The molecule has 0 aliphatic carbocycles. The maximum atomic E-state index is 13.4. The minimum atomic E-state index is -0.288. The molecule has 1 rings (SSSR count). The van der Waals surface area contributed by atoms with E-state index in [1.165, 1.54) is 7.11 Å². The van der Waals surface area contributed by atoms with Crippen molar-refractivity contribution in [2.45, 2.75) is 25.1 Å². The van der Waals surface area contributed by atoms with Crippen LogP contribution in [0.25, 0.3) is 0 Å². The zero-order chi connectivity index (χ0) is 11.4. The second-order valence-electron chi connectivity index (χ2n) is 3.83. The monoisotopic (exact) mass is 274 g/mol. The summed E-state index contributed by atoms with van der Waals surface area (Å²) in [6.45, 7) is 4.24. The molecule has 0 aliphatic rings. The molecule has 2 atom stereocenters. The molecule has 3 heteroatoms. The summed E-state index contributed by atoms with van der Waals surface area (Å²) in [7, 11) is 1.47. The Morgan fingerprint density at radius 2 is 2.07 bits per heavy atom. The number of ether oxygens (including phenoxy) is 1. The molecule has 0 aromatic heterocycles. The van der Waals surface area contributed by atoms with Gasteiger partial charge in [-0.25, -0.2) is 4.39 Å². The fraction of sp³-hybridized carbons (Fsp3) is 0.500. The van der Waals surface area contributed by atoms with E-state index >= 15 is 0 Å². The molecule has 0 saturated carbocycles. The molecule has 15 heavy (non-hydrogen) atoms. The number of alkyl halides is 1. The molecule has 0 N–H and O–H groups in total. The van der Waals surface area contributed by atoms with Crippen LogP contribution in [0, 0.1) is 11.7 Å². The predicted molar refractivity (Wildman–Crippen MR) is 64.2 cm³/mol. The molecular formula is C12H16BrFO. The van der Waals surface area contributed by atoms with Gasteiger partial charge in [0.05, 0.1) is 7.11 Å². The maximum Gasteiger partial charge on any atom is 0.165 e. The van der Waals surface area contributed by atoms with Crippen molar-refractivity contribution in [3.8, 4) is 5.75 Å². The highest BCUT2D eigenvalue weighted by Gasteiger charge is 2.11. The lowest BCUT2D eigenvalue weighted by Gasteiger charge is -2.14. The lowest BCUT2D eigenvalue weighted by Crippen LogP contribution is -2.09. The van der Waals surface area contributed by atoms with Gasteiger partial charge in [-0.15, -0.1) is 0 Å². The van der Waals surface area contributed by atoms with Crippen molar-refractivity contribution in [2.75, 3.05) is 7.11 Å². The molecule has 1 aromatic carbocycles. The standard InChI is InChI=1S/C12H16BrFO/c1-8(9(2)13)6-10-4-5-12(15-3)11(14)7-10/h4-5,7-9H,6H2,1-3H3. The second-order valence-corrected chi connectivity index (χ2v) is 5.27. The van der Waals surface area contributed by atoms with Gasteiger partial charge in [0.1, 0.15) is 0 Å². The van der Waals surface area contributed by atoms with Crippen molar-refractivity contribution in [1.29, 1.82) is 0 Å². The highest BCUT2D eigenvalue weighted by molar-refractivity contribution is 9.09. The Kier molecular flexibility index (Phi) is 4.58. The van der Waals surface area contributed by atoms with Gasteiger partial charge in [0.25, 0.3) is 0 Å². The molecule has 0 radical (unpaired) electrons. The Bertz CT molecular complexity index is 325. The number of rotatable bonds is 4. The van der Waals surface area contributed by atoms with E-state index in [1.54, 1.807) is 12.1 Å². The van der Waals surface area contributed by atoms with Crippen molar-refractivity contribution in [1.82, 2.24) is 0 Å². The summed E-state index contributed by atoms with van der Waals surface area (Å²) in [6, 6.07) is 5.13. The fourth-order valence-corrected chi connectivity index (χ4v) is 1.56. The summed E-state index contributed by atoms with van der Waals surface area (Å²) >= 11 is 3.53. The van der Waals surface area contributed by atoms with Gasteiger partial charge in [-0.3, -0.25) is 0 Å². The molecule has 0 spiro atoms. The van der Waals surface area contributed by atoms with Crippen LogP contribution >= 0.6 is 15.9 Å². The minimum absolute atomic E-state index is 0.288. The number of hydrogen-bond acceptors (Lipinski definition) is 1. The van der Waals surface area contributed by atoms with Crippen LogP contribution in [0.3, 0.4) is 0 Å². The number of halogens is 2. The zero-order valence-corrected chi connectivity index (χ0v) is 10.8. The largest absolute Gasteiger partial charge is 0.494 e. The molecule has 1 aromatic rings. The second kappa shape index (κ2) is 5.50. The fourth-order valence-electron chi connectivity index (χ4n) is 1.37. The number of benzene rings is 1. The van der Waals surface area contributed by atoms with Gasteiger partial charge in [0, 0.05) is 4.83 Å². The summed E-state index contributed by atoms with van der Waals surface area (Å²) in [5.74, 6) is 0.500. The Labute approximate surface area is 98.8 Å². The smallest absolute Gasteiger partial charge is 0.165 e. The van der Waals surface area contributed by atoms with Gasteiger partial charge in [-0.05, 0) is 30.0 Å². The molecule has 0 bridgehead atoms. The average molecular weight is 275 g/mol. The van der Waals surface area contributed by atoms with Crippen molar-refractivity contribution in [3.05, 3.63) is 29.6 Å². The highest BCUT2D eigenvalue weighted by atomic mass is 79.9. The lowest BCUT2D eigenvalue weighted by molar-refractivity contribution is 0.386. The summed E-state index contributed by atoms with van der Waals surface area (Å²) in [6.07, 6.45) is 0.868. The Morgan fingerprint density at radius 1 is 1.40 bits per heavy atom. The van der Waals surface area contributed by atoms with Crippen LogP contribution in [0.2, 0.25) is 0 Å². The van der Waals surface area contributed by atoms with Gasteiger partial charge >= 0.3 is 0 Å². The predicted octanol–water partition coefficient (Wildman–Crippen LogP) is 3.80. The first-order valence-electron chi connectivity index (χ1n) is 5.01. The van der Waals surface area contributed by atoms with Crippen molar-refractivity contribution in [2.24, 2.45) is 5.92 Å². The summed E-state index contributed by atoms with van der Waals surface area (Å²) in [5, 5.41) is 0. The van der Waals surface area contributed by atoms with Crippen molar-refractivity contribution >= 4 is 15.9 Å². The molecule has 0 fully saturated rings. The Morgan fingerprint density at radius 3 is 2.53 bits per heavy atom. The molecule has 2 unspecified atom stereocenters. The molecule has 0 aliphatic heterocycles.